The van der Waals surface area contributed by atoms with Gasteiger partial charge >= 0.3 is 0 Å². The summed E-state index contributed by atoms with van der Waals surface area (Å²) in [5.74, 6) is 0. The van der Waals surface area contributed by atoms with Crippen molar-refractivity contribution in [2.45, 2.75) is 19.4 Å². The fourth-order valence-electron chi connectivity index (χ4n) is 2.14. The average Bonchev–Trinajstić information content (AvgIpc) is 2.53. The Morgan fingerprint density at radius 3 is 2.29 bits per heavy atom. The van der Waals surface area contributed by atoms with Gasteiger partial charge in [0.25, 0.3) is 0 Å². The minimum absolute atomic E-state index is 0.164. The van der Waals surface area contributed by atoms with Crippen LogP contribution in [0.5, 0.6) is 0 Å². The standard InChI is InChI=1S/C17H14BrN3/c1-2-17(12-3-6-15(18)7-4-12)21-16-8-5-13(10-19)14(9-16)11-20/h3-9,17,21H,2H2,1H3. The summed E-state index contributed by atoms with van der Waals surface area (Å²) in [6.07, 6.45) is 0.920. The van der Waals surface area contributed by atoms with Gasteiger partial charge in [-0.05, 0) is 42.3 Å². The molecule has 3 nitrogen and oxygen atoms in total. The van der Waals surface area contributed by atoms with Crippen molar-refractivity contribution in [3.63, 3.8) is 0 Å². The molecule has 0 bridgehead atoms. The quantitative estimate of drug-likeness (QED) is 0.873. The van der Waals surface area contributed by atoms with Crippen LogP contribution in [0.15, 0.2) is 46.9 Å². The third-order valence-electron chi connectivity index (χ3n) is 3.28. The van der Waals surface area contributed by atoms with Gasteiger partial charge in [0.05, 0.1) is 17.2 Å². The van der Waals surface area contributed by atoms with E-state index in [9.17, 15) is 0 Å². The number of anilines is 1. The SMILES string of the molecule is CCC(Nc1ccc(C#N)c(C#N)c1)c1ccc(Br)cc1. The van der Waals surface area contributed by atoms with Crippen LogP contribution in [0.4, 0.5) is 5.69 Å². The molecule has 1 N–H and O–H groups in total. The molecule has 0 aromatic heterocycles. The predicted octanol–water partition coefficient (Wildman–Crippen LogP) is 4.76. The molecule has 2 rings (SSSR count). The van der Waals surface area contributed by atoms with Gasteiger partial charge in [-0.1, -0.05) is 35.0 Å². The summed E-state index contributed by atoms with van der Waals surface area (Å²) in [5.41, 5.74) is 2.83. The second-order valence-electron chi connectivity index (χ2n) is 4.64. The lowest BCUT2D eigenvalue weighted by Gasteiger charge is -2.19. The average molecular weight is 340 g/mol. The minimum atomic E-state index is 0.164. The van der Waals surface area contributed by atoms with Gasteiger partial charge in [-0.25, -0.2) is 0 Å². The Morgan fingerprint density at radius 1 is 1.05 bits per heavy atom. The highest BCUT2D eigenvalue weighted by molar-refractivity contribution is 9.10. The van der Waals surface area contributed by atoms with Gasteiger partial charge in [0, 0.05) is 10.2 Å². The van der Waals surface area contributed by atoms with Crippen LogP contribution >= 0.6 is 15.9 Å². The van der Waals surface area contributed by atoms with Crippen LogP contribution in [0, 0.1) is 22.7 Å². The molecule has 0 aliphatic carbocycles. The van der Waals surface area contributed by atoms with E-state index in [2.05, 4.69) is 46.4 Å². The van der Waals surface area contributed by atoms with Crippen molar-refractivity contribution < 1.29 is 0 Å². The Bertz CT molecular complexity index is 708. The summed E-state index contributed by atoms with van der Waals surface area (Å²) in [6, 6.07) is 17.6. The number of nitriles is 2. The Hall–Kier alpha value is -2.30. The van der Waals surface area contributed by atoms with E-state index >= 15 is 0 Å². The van der Waals surface area contributed by atoms with E-state index in [0.717, 1.165) is 16.6 Å². The van der Waals surface area contributed by atoms with Crippen LogP contribution in [0.2, 0.25) is 0 Å². The number of nitrogens with one attached hydrogen (secondary N) is 1. The first-order valence-corrected chi connectivity index (χ1v) is 7.43. The normalized spacial score (nSPS) is 11.2. The summed E-state index contributed by atoms with van der Waals surface area (Å²) in [4.78, 5) is 0. The lowest BCUT2D eigenvalue weighted by atomic mass is 10.0. The zero-order valence-electron chi connectivity index (χ0n) is 11.6. The van der Waals surface area contributed by atoms with E-state index < -0.39 is 0 Å². The molecule has 0 aliphatic heterocycles. The maximum Gasteiger partial charge on any atom is 0.101 e. The molecular weight excluding hydrogens is 326 g/mol. The van der Waals surface area contributed by atoms with E-state index in [1.165, 1.54) is 5.56 Å². The van der Waals surface area contributed by atoms with Crippen molar-refractivity contribution in [1.29, 1.82) is 10.5 Å². The van der Waals surface area contributed by atoms with Crippen LogP contribution in [0.1, 0.15) is 36.1 Å². The maximum atomic E-state index is 9.08. The maximum absolute atomic E-state index is 9.08. The molecule has 0 amide bonds. The molecule has 4 heteroatoms. The largest absolute Gasteiger partial charge is 0.378 e. The Labute approximate surface area is 133 Å². The molecule has 1 atom stereocenters. The third-order valence-corrected chi connectivity index (χ3v) is 3.81. The number of nitrogens with zero attached hydrogens (tertiary/aromatic N) is 2. The predicted molar refractivity (Wildman–Crippen MR) is 86.7 cm³/mol. The third kappa shape index (κ3) is 3.62. The summed E-state index contributed by atoms with van der Waals surface area (Å²) in [7, 11) is 0. The zero-order valence-corrected chi connectivity index (χ0v) is 13.2. The van der Waals surface area contributed by atoms with Crippen molar-refractivity contribution in [2.24, 2.45) is 0 Å². The van der Waals surface area contributed by atoms with Crippen molar-refractivity contribution >= 4 is 21.6 Å². The van der Waals surface area contributed by atoms with Crippen LogP contribution in [0.25, 0.3) is 0 Å². The number of rotatable bonds is 4. The van der Waals surface area contributed by atoms with Crippen molar-refractivity contribution in [3.8, 4) is 12.1 Å². The monoisotopic (exact) mass is 339 g/mol. The highest BCUT2D eigenvalue weighted by Gasteiger charge is 2.10. The second kappa shape index (κ2) is 6.92. The molecule has 0 saturated carbocycles. The van der Waals surface area contributed by atoms with Crippen molar-refractivity contribution in [1.82, 2.24) is 0 Å². The van der Waals surface area contributed by atoms with E-state index in [1.54, 1.807) is 12.1 Å². The molecule has 0 heterocycles. The highest BCUT2D eigenvalue weighted by atomic mass is 79.9. The fraction of sp³-hybridized carbons (Fsp3) is 0.176. The Balaban J connectivity index is 2.25. The number of hydrogen-bond donors (Lipinski definition) is 1. The summed E-state index contributed by atoms with van der Waals surface area (Å²) in [6.45, 7) is 2.11. The van der Waals surface area contributed by atoms with Gasteiger partial charge in [-0.2, -0.15) is 10.5 Å². The molecule has 2 aromatic rings. The first-order chi connectivity index (χ1) is 10.2. The summed E-state index contributed by atoms with van der Waals surface area (Å²) in [5, 5.41) is 21.4. The van der Waals surface area contributed by atoms with E-state index in [4.69, 9.17) is 10.5 Å². The Kier molecular flexibility index (Phi) is 4.98. The van der Waals surface area contributed by atoms with E-state index in [-0.39, 0.29) is 6.04 Å². The fourth-order valence-corrected chi connectivity index (χ4v) is 2.41. The molecule has 0 saturated heterocycles. The van der Waals surface area contributed by atoms with Gasteiger partial charge in [0.2, 0.25) is 0 Å². The molecule has 104 valence electrons. The molecule has 0 radical (unpaired) electrons. The van der Waals surface area contributed by atoms with Crippen LogP contribution in [0.3, 0.4) is 0 Å². The van der Waals surface area contributed by atoms with Gasteiger partial charge in [-0.3, -0.25) is 0 Å². The van der Waals surface area contributed by atoms with Gasteiger partial charge in [0.1, 0.15) is 12.1 Å². The zero-order chi connectivity index (χ0) is 15.2. The van der Waals surface area contributed by atoms with Crippen LogP contribution in [-0.4, -0.2) is 0 Å². The van der Waals surface area contributed by atoms with Gasteiger partial charge in [-0.15, -0.1) is 0 Å². The number of halogens is 1. The molecule has 21 heavy (non-hydrogen) atoms. The van der Waals surface area contributed by atoms with E-state index in [1.807, 2.05) is 24.3 Å². The summed E-state index contributed by atoms with van der Waals surface area (Å²) >= 11 is 3.43. The smallest absolute Gasteiger partial charge is 0.101 e. The molecule has 0 fully saturated rings. The Morgan fingerprint density at radius 2 is 1.71 bits per heavy atom. The first kappa shape index (κ1) is 15.1. The van der Waals surface area contributed by atoms with Crippen LogP contribution < -0.4 is 5.32 Å². The molecule has 1 unspecified atom stereocenters. The molecule has 0 spiro atoms. The first-order valence-electron chi connectivity index (χ1n) is 6.64. The molecule has 2 aromatic carbocycles. The second-order valence-corrected chi connectivity index (χ2v) is 5.56. The molecule has 0 aliphatic rings. The molecular formula is C17H14BrN3. The lowest BCUT2D eigenvalue weighted by Crippen LogP contribution is -2.09. The summed E-state index contributed by atoms with van der Waals surface area (Å²) < 4.78 is 1.05. The van der Waals surface area contributed by atoms with Crippen molar-refractivity contribution in [2.75, 3.05) is 5.32 Å². The minimum Gasteiger partial charge on any atom is -0.378 e. The van der Waals surface area contributed by atoms with Gasteiger partial charge < -0.3 is 5.32 Å². The van der Waals surface area contributed by atoms with Crippen molar-refractivity contribution in [3.05, 3.63) is 63.6 Å². The van der Waals surface area contributed by atoms with Crippen LogP contribution in [-0.2, 0) is 0 Å². The highest BCUT2D eigenvalue weighted by Crippen LogP contribution is 2.25. The number of benzene rings is 2. The van der Waals surface area contributed by atoms with Gasteiger partial charge in [0.15, 0.2) is 0 Å². The topological polar surface area (TPSA) is 59.6 Å². The van der Waals surface area contributed by atoms with E-state index in [0.29, 0.717) is 11.1 Å². The number of hydrogen-bond acceptors (Lipinski definition) is 3. The lowest BCUT2D eigenvalue weighted by molar-refractivity contribution is 0.749.